The number of aryl methyl sites for hydroxylation is 1. The Morgan fingerprint density at radius 1 is 1.16 bits per heavy atom. The highest BCUT2D eigenvalue weighted by atomic mass is 15.3. The van der Waals surface area contributed by atoms with Gasteiger partial charge in [-0.3, -0.25) is 5.10 Å². The van der Waals surface area contributed by atoms with Gasteiger partial charge in [-0.25, -0.2) is 4.68 Å². The van der Waals surface area contributed by atoms with Crippen molar-refractivity contribution in [2.75, 3.05) is 0 Å². The molecular weight excluding hydrogens is 308 g/mol. The molecule has 0 amide bonds. The molecule has 0 saturated carbocycles. The zero-order valence-electron chi connectivity index (χ0n) is 15.5. The average molecular weight is 334 g/mol. The molecule has 1 aromatic carbocycles. The normalized spacial score (nSPS) is 20.0. The summed E-state index contributed by atoms with van der Waals surface area (Å²) in [7, 11) is 0. The van der Waals surface area contributed by atoms with Gasteiger partial charge in [0.2, 0.25) is 0 Å². The molecule has 130 valence electrons. The molecule has 1 aliphatic carbocycles. The van der Waals surface area contributed by atoms with Gasteiger partial charge in [0.1, 0.15) is 11.4 Å². The van der Waals surface area contributed by atoms with Crippen LogP contribution in [-0.4, -0.2) is 20.0 Å². The predicted molar refractivity (Wildman–Crippen MR) is 101 cm³/mol. The molecule has 3 aromatic rings. The third-order valence-electron chi connectivity index (χ3n) is 5.54. The number of nitrogens with zero attached hydrogens (tertiary/aromatic N) is 3. The second kappa shape index (κ2) is 6.17. The van der Waals surface area contributed by atoms with Gasteiger partial charge in [0, 0.05) is 22.9 Å². The Morgan fingerprint density at radius 3 is 2.64 bits per heavy atom. The lowest BCUT2D eigenvalue weighted by atomic mass is 9.75. The van der Waals surface area contributed by atoms with Crippen LogP contribution in [0.2, 0.25) is 0 Å². The summed E-state index contributed by atoms with van der Waals surface area (Å²) in [6.45, 7) is 9.02. The van der Waals surface area contributed by atoms with Crippen LogP contribution in [0, 0.1) is 12.8 Å². The number of rotatable bonds is 3. The second-order valence-electron chi connectivity index (χ2n) is 7.65. The molecular formula is C21H26N4. The molecule has 0 radical (unpaired) electrons. The summed E-state index contributed by atoms with van der Waals surface area (Å²) in [5.41, 5.74) is 6.92. The van der Waals surface area contributed by atoms with Crippen LogP contribution in [0.3, 0.4) is 0 Å². The molecule has 0 aliphatic heterocycles. The Bertz CT molecular complexity index is 873. The van der Waals surface area contributed by atoms with Crippen LogP contribution in [0.5, 0.6) is 0 Å². The summed E-state index contributed by atoms with van der Waals surface area (Å²) in [5, 5.41) is 12.9. The molecule has 2 aromatic heterocycles. The van der Waals surface area contributed by atoms with E-state index < -0.39 is 0 Å². The first-order valence-electron chi connectivity index (χ1n) is 9.27. The number of aromatic nitrogens is 4. The molecule has 2 heterocycles. The standard InChI is InChI=1S/C21H26N4/c1-13(2)17-11-10-14(3)19-20(17)22-23-21(19)18-12-15(4)25(24-18)16-8-6-5-7-9-16/h5-9,12-14,17H,10-11H2,1-4H3,(H,22,23)/t14-,17-/m0/s1. The van der Waals surface area contributed by atoms with E-state index in [2.05, 4.69) is 51.0 Å². The van der Waals surface area contributed by atoms with Crippen molar-refractivity contribution in [3.8, 4) is 17.1 Å². The van der Waals surface area contributed by atoms with E-state index >= 15 is 0 Å². The lowest BCUT2D eigenvalue weighted by Gasteiger charge is -2.29. The fourth-order valence-electron chi connectivity index (χ4n) is 4.15. The number of fused-ring (bicyclic) bond motifs is 1. The van der Waals surface area contributed by atoms with E-state index in [1.54, 1.807) is 0 Å². The topological polar surface area (TPSA) is 46.5 Å². The molecule has 0 fully saturated rings. The maximum Gasteiger partial charge on any atom is 0.116 e. The van der Waals surface area contributed by atoms with Gasteiger partial charge >= 0.3 is 0 Å². The van der Waals surface area contributed by atoms with Gasteiger partial charge in [-0.1, -0.05) is 39.0 Å². The van der Waals surface area contributed by atoms with E-state index in [4.69, 9.17) is 10.2 Å². The molecule has 0 spiro atoms. The van der Waals surface area contributed by atoms with E-state index in [-0.39, 0.29) is 0 Å². The van der Waals surface area contributed by atoms with Crippen LogP contribution in [0.15, 0.2) is 36.4 Å². The van der Waals surface area contributed by atoms with Crippen LogP contribution in [0.25, 0.3) is 17.1 Å². The molecule has 1 N–H and O–H groups in total. The molecule has 0 unspecified atom stereocenters. The molecule has 4 nitrogen and oxygen atoms in total. The smallest absolute Gasteiger partial charge is 0.116 e. The number of para-hydroxylation sites is 1. The maximum absolute atomic E-state index is 4.87. The van der Waals surface area contributed by atoms with E-state index in [1.165, 1.54) is 24.1 Å². The molecule has 25 heavy (non-hydrogen) atoms. The van der Waals surface area contributed by atoms with Gasteiger partial charge in [0.05, 0.1) is 5.69 Å². The predicted octanol–water partition coefficient (Wildman–Crippen LogP) is 5.21. The SMILES string of the molecule is Cc1cc(-c2n[nH]c3c2[C@@H](C)CC[C@H]3C(C)C)nn1-c1ccccc1. The number of hydrogen-bond acceptors (Lipinski definition) is 2. The number of hydrogen-bond donors (Lipinski definition) is 1. The highest BCUT2D eigenvalue weighted by Crippen LogP contribution is 2.44. The highest BCUT2D eigenvalue weighted by Gasteiger charge is 2.32. The number of benzene rings is 1. The third-order valence-corrected chi connectivity index (χ3v) is 5.54. The highest BCUT2D eigenvalue weighted by molar-refractivity contribution is 5.63. The van der Waals surface area contributed by atoms with Gasteiger partial charge in [-0.2, -0.15) is 10.2 Å². The van der Waals surface area contributed by atoms with Crippen molar-refractivity contribution >= 4 is 0 Å². The van der Waals surface area contributed by atoms with Crippen molar-refractivity contribution in [3.05, 3.63) is 53.3 Å². The molecule has 4 heteroatoms. The number of aromatic amines is 1. The maximum atomic E-state index is 4.87. The van der Waals surface area contributed by atoms with Crippen molar-refractivity contribution in [3.63, 3.8) is 0 Å². The monoisotopic (exact) mass is 334 g/mol. The van der Waals surface area contributed by atoms with Crippen molar-refractivity contribution in [2.45, 2.75) is 52.4 Å². The Morgan fingerprint density at radius 2 is 1.92 bits per heavy atom. The summed E-state index contributed by atoms with van der Waals surface area (Å²) in [6, 6.07) is 12.4. The Balaban J connectivity index is 1.80. The van der Waals surface area contributed by atoms with Crippen molar-refractivity contribution < 1.29 is 0 Å². The Hall–Kier alpha value is -2.36. The van der Waals surface area contributed by atoms with Gasteiger partial charge in [0.15, 0.2) is 0 Å². The van der Waals surface area contributed by atoms with E-state index in [0.29, 0.717) is 17.8 Å². The van der Waals surface area contributed by atoms with E-state index in [1.807, 2.05) is 22.9 Å². The van der Waals surface area contributed by atoms with Gasteiger partial charge in [-0.15, -0.1) is 0 Å². The Kier molecular flexibility index (Phi) is 3.98. The summed E-state index contributed by atoms with van der Waals surface area (Å²) in [6.07, 6.45) is 2.46. The summed E-state index contributed by atoms with van der Waals surface area (Å²) < 4.78 is 2.00. The number of nitrogens with one attached hydrogen (secondary N) is 1. The van der Waals surface area contributed by atoms with Crippen LogP contribution in [-0.2, 0) is 0 Å². The molecule has 4 rings (SSSR count). The third kappa shape index (κ3) is 2.70. The van der Waals surface area contributed by atoms with E-state index in [9.17, 15) is 0 Å². The van der Waals surface area contributed by atoms with Crippen LogP contribution in [0.4, 0.5) is 0 Å². The summed E-state index contributed by atoms with van der Waals surface area (Å²) in [4.78, 5) is 0. The van der Waals surface area contributed by atoms with Gasteiger partial charge < -0.3 is 0 Å². The first-order valence-corrected chi connectivity index (χ1v) is 9.27. The largest absolute Gasteiger partial charge is 0.281 e. The average Bonchev–Trinajstić information content (AvgIpc) is 3.20. The van der Waals surface area contributed by atoms with Crippen molar-refractivity contribution in [1.82, 2.24) is 20.0 Å². The van der Waals surface area contributed by atoms with Crippen LogP contribution < -0.4 is 0 Å². The lowest BCUT2D eigenvalue weighted by molar-refractivity contribution is 0.403. The zero-order chi connectivity index (χ0) is 17.6. The minimum absolute atomic E-state index is 0.529. The zero-order valence-corrected chi connectivity index (χ0v) is 15.5. The fourth-order valence-corrected chi connectivity index (χ4v) is 4.15. The summed E-state index contributed by atoms with van der Waals surface area (Å²) in [5.74, 6) is 1.73. The summed E-state index contributed by atoms with van der Waals surface area (Å²) >= 11 is 0. The van der Waals surface area contributed by atoms with Gasteiger partial charge in [-0.05, 0) is 49.8 Å². The van der Waals surface area contributed by atoms with Gasteiger partial charge in [0.25, 0.3) is 0 Å². The van der Waals surface area contributed by atoms with Crippen LogP contribution >= 0.6 is 0 Å². The second-order valence-corrected chi connectivity index (χ2v) is 7.65. The lowest BCUT2D eigenvalue weighted by Crippen LogP contribution is -2.16. The molecule has 1 aliphatic rings. The quantitative estimate of drug-likeness (QED) is 0.715. The first kappa shape index (κ1) is 16.1. The van der Waals surface area contributed by atoms with Crippen molar-refractivity contribution in [2.24, 2.45) is 5.92 Å². The fraction of sp³-hybridized carbons (Fsp3) is 0.429. The molecule has 0 bridgehead atoms. The minimum atomic E-state index is 0.529. The molecule has 0 saturated heterocycles. The minimum Gasteiger partial charge on any atom is -0.281 e. The molecule has 2 atom stereocenters. The van der Waals surface area contributed by atoms with Crippen molar-refractivity contribution in [1.29, 1.82) is 0 Å². The van der Waals surface area contributed by atoms with E-state index in [0.717, 1.165) is 22.8 Å². The first-order chi connectivity index (χ1) is 12.1. The van der Waals surface area contributed by atoms with Crippen LogP contribution in [0.1, 0.15) is 62.4 Å². The number of H-pyrrole nitrogens is 1. The Labute approximate surface area is 149 Å².